The number of carbonyl (C=O) groups excluding carboxylic acids is 2. The standard InChI is InChI=1S/C17H20ClN3O3S/c18-12-2-3-13-14(9-12)25-17(20-13)21-7-5-11(6-8-21)1-4-16(23)24-10-15(19)22/h2-3,9,11H,1,4-8,10H2,(H2,19,22). The van der Waals surface area contributed by atoms with Gasteiger partial charge in [-0.25, -0.2) is 4.98 Å². The van der Waals surface area contributed by atoms with E-state index in [0.29, 0.717) is 12.3 Å². The minimum Gasteiger partial charge on any atom is -0.456 e. The monoisotopic (exact) mass is 381 g/mol. The summed E-state index contributed by atoms with van der Waals surface area (Å²) in [5, 5.41) is 1.75. The number of rotatable bonds is 6. The molecule has 0 aliphatic carbocycles. The van der Waals surface area contributed by atoms with E-state index in [1.54, 1.807) is 11.3 Å². The number of anilines is 1. The summed E-state index contributed by atoms with van der Waals surface area (Å²) in [5.41, 5.74) is 5.93. The van der Waals surface area contributed by atoms with Crippen molar-refractivity contribution in [2.45, 2.75) is 25.7 Å². The molecule has 6 nitrogen and oxygen atoms in total. The Kier molecular flexibility index (Phi) is 5.75. The van der Waals surface area contributed by atoms with Crippen LogP contribution in [-0.4, -0.2) is 36.6 Å². The molecule has 0 atom stereocenters. The number of nitrogens with zero attached hydrogens (tertiary/aromatic N) is 2. The van der Waals surface area contributed by atoms with E-state index in [-0.39, 0.29) is 12.6 Å². The number of fused-ring (bicyclic) bond motifs is 1. The van der Waals surface area contributed by atoms with Gasteiger partial charge in [-0.1, -0.05) is 22.9 Å². The summed E-state index contributed by atoms with van der Waals surface area (Å²) in [4.78, 5) is 29.1. The Morgan fingerprint density at radius 1 is 1.36 bits per heavy atom. The number of benzene rings is 1. The number of esters is 1. The molecule has 1 aliphatic heterocycles. The van der Waals surface area contributed by atoms with Gasteiger partial charge in [0.25, 0.3) is 5.91 Å². The third kappa shape index (κ3) is 4.83. The van der Waals surface area contributed by atoms with E-state index < -0.39 is 5.91 Å². The summed E-state index contributed by atoms with van der Waals surface area (Å²) in [6.07, 6.45) is 3.14. The Morgan fingerprint density at radius 2 is 2.12 bits per heavy atom. The van der Waals surface area contributed by atoms with E-state index in [9.17, 15) is 9.59 Å². The van der Waals surface area contributed by atoms with Gasteiger partial charge in [0.05, 0.1) is 10.2 Å². The average molecular weight is 382 g/mol. The highest BCUT2D eigenvalue weighted by molar-refractivity contribution is 7.22. The van der Waals surface area contributed by atoms with Gasteiger partial charge in [0.2, 0.25) is 0 Å². The molecule has 0 spiro atoms. The van der Waals surface area contributed by atoms with Crippen LogP contribution in [-0.2, 0) is 14.3 Å². The Morgan fingerprint density at radius 3 is 2.84 bits per heavy atom. The fourth-order valence-electron chi connectivity index (χ4n) is 2.98. The zero-order valence-electron chi connectivity index (χ0n) is 13.7. The molecule has 8 heteroatoms. The van der Waals surface area contributed by atoms with Crippen molar-refractivity contribution < 1.29 is 14.3 Å². The van der Waals surface area contributed by atoms with Crippen molar-refractivity contribution in [3.8, 4) is 0 Å². The van der Waals surface area contributed by atoms with Crippen molar-refractivity contribution in [2.75, 3.05) is 24.6 Å². The molecular weight excluding hydrogens is 362 g/mol. The predicted molar refractivity (Wildman–Crippen MR) is 99.0 cm³/mol. The highest BCUT2D eigenvalue weighted by Crippen LogP contribution is 2.33. The SMILES string of the molecule is NC(=O)COC(=O)CCC1CCN(c2nc3ccc(Cl)cc3s2)CC1. The number of amides is 1. The minimum atomic E-state index is -0.626. The first kappa shape index (κ1) is 17.9. The smallest absolute Gasteiger partial charge is 0.306 e. The predicted octanol–water partition coefficient (Wildman–Crippen LogP) is 2.97. The maximum Gasteiger partial charge on any atom is 0.306 e. The lowest BCUT2D eigenvalue weighted by Gasteiger charge is -2.31. The van der Waals surface area contributed by atoms with Crippen molar-refractivity contribution in [2.24, 2.45) is 11.7 Å². The molecule has 25 heavy (non-hydrogen) atoms. The number of ether oxygens (including phenoxy) is 1. The van der Waals surface area contributed by atoms with Crippen LogP contribution in [0.2, 0.25) is 5.02 Å². The largest absolute Gasteiger partial charge is 0.456 e. The van der Waals surface area contributed by atoms with Gasteiger partial charge < -0.3 is 15.4 Å². The lowest BCUT2D eigenvalue weighted by Crippen LogP contribution is -2.33. The Hall–Kier alpha value is -1.86. The van der Waals surface area contributed by atoms with E-state index in [1.165, 1.54) is 0 Å². The summed E-state index contributed by atoms with van der Waals surface area (Å²) in [6, 6.07) is 5.75. The number of nitrogens with two attached hydrogens (primary N) is 1. The van der Waals surface area contributed by atoms with Crippen LogP contribution in [0.15, 0.2) is 18.2 Å². The van der Waals surface area contributed by atoms with E-state index in [0.717, 1.165) is 52.7 Å². The van der Waals surface area contributed by atoms with Crippen molar-refractivity contribution in [3.05, 3.63) is 23.2 Å². The molecule has 3 rings (SSSR count). The summed E-state index contributed by atoms with van der Waals surface area (Å²) >= 11 is 7.69. The van der Waals surface area contributed by atoms with Crippen LogP contribution in [0.1, 0.15) is 25.7 Å². The molecule has 134 valence electrons. The highest BCUT2D eigenvalue weighted by atomic mass is 35.5. The summed E-state index contributed by atoms with van der Waals surface area (Å²) in [7, 11) is 0. The van der Waals surface area contributed by atoms with Crippen LogP contribution in [0.3, 0.4) is 0 Å². The van der Waals surface area contributed by atoms with Gasteiger partial charge in [-0.2, -0.15) is 0 Å². The molecule has 1 aromatic heterocycles. The third-order valence-corrected chi connectivity index (χ3v) is 5.67. The van der Waals surface area contributed by atoms with Gasteiger partial charge in [0.15, 0.2) is 11.7 Å². The van der Waals surface area contributed by atoms with E-state index >= 15 is 0 Å². The molecule has 1 saturated heterocycles. The molecule has 1 fully saturated rings. The normalized spacial score (nSPS) is 15.5. The highest BCUT2D eigenvalue weighted by Gasteiger charge is 2.22. The van der Waals surface area contributed by atoms with E-state index in [4.69, 9.17) is 22.1 Å². The van der Waals surface area contributed by atoms with Crippen LogP contribution < -0.4 is 10.6 Å². The summed E-state index contributed by atoms with van der Waals surface area (Å²) < 4.78 is 5.88. The first-order valence-corrected chi connectivity index (χ1v) is 9.45. The number of hydrogen-bond donors (Lipinski definition) is 1. The molecule has 1 amide bonds. The molecule has 0 saturated carbocycles. The van der Waals surface area contributed by atoms with Gasteiger partial charge in [-0.15, -0.1) is 0 Å². The van der Waals surface area contributed by atoms with Gasteiger partial charge >= 0.3 is 5.97 Å². The van der Waals surface area contributed by atoms with E-state index in [1.807, 2.05) is 18.2 Å². The summed E-state index contributed by atoms with van der Waals surface area (Å²) in [6.45, 7) is 1.52. The van der Waals surface area contributed by atoms with Crippen molar-refractivity contribution in [1.29, 1.82) is 0 Å². The Bertz CT molecular complexity index is 772. The topological polar surface area (TPSA) is 85.5 Å². The number of aromatic nitrogens is 1. The molecule has 1 aromatic carbocycles. The number of halogens is 1. The van der Waals surface area contributed by atoms with Crippen LogP contribution in [0, 0.1) is 5.92 Å². The third-order valence-electron chi connectivity index (χ3n) is 4.36. The van der Waals surface area contributed by atoms with Gasteiger partial charge in [0.1, 0.15) is 0 Å². The first-order valence-electron chi connectivity index (χ1n) is 8.26. The molecule has 2 aromatic rings. The fraction of sp³-hybridized carbons (Fsp3) is 0.471. The molecule has 0 bridgehead atoms. The zero-order valence-corrected chi connectivity index (χ0v) is 15.3. The molecule has 1 aliphatic rings. The van der Waals surface area contributed by atoms with Crippen LogP contribution >= 0.6 is 22.9 Å². The number of piperidine rings is 1. The van der Waals surface area contributed by atoms with Gasteiger partial charge in [-0.3, -0.25) is 9.59 Å². The lowest BCUT2D eigenvalue weighted by molar-refractivity contribution is -0.148. The number of primary amides is 1. The van der Waals surface area contributed by atoms with E-state index in [2.05, 4.69) is 9.88 Å². The quantitative estimate of drug-likeness (QED) is 0.777. The maximum absolute atomic E-state index is 11.5. The number of carbonyl (C=O) groups is 2. The minimum absolute atomic E-state index is 0.331. The second-order valence-corrected chi connectivity index (χ2v) is 7.65. The molecule has 2 heterocycles. The molecular formula is C17H20ClN3O3S. The molecule has 0 radical (unpaired) electrons. The van der Waals surface area contributed by atoms with Crippen molar-refractivity contribution in [3.63, 3.8) is 0 Å². The van der Waals surface area contributed by atoms with Crippen LogP contribution in [0.25, 0.3) is 10.2 Å². The molecule has 2 N–H and O–H groups in total. The number of hydrogen-bond acceptors (Lipinski definition) is 6. The average Bonchev–Trinajstić information content (AvgIpc) is 3.01. The Labute approximate surface area is 154 Å². The second-order valence-electron chi connectivity index (χ2n) is 6.20. The van der Waals surface area contributed by atoms with Crippen molar-refractivity contribution in [1.82, 2.24) is 4.98 Å². The number of thiazole rings is 1. The summed E-state index contributed by atoms with van der Waals surface area (Å²) in [5.74, 6) is -0.496. The fourth-order valence-corrected chi connectivity index (χ4v) is 4.27. The Balaban J connectivity index is 1.48. The van der Waals surface area contributed by atoms with Crippen LogP contribution in [0.5, 0.6) is 0 Å². The van der Waals surface area contributed by atoms with Crippen LogP contribution in [0.4, 0.5) is 5.13 Å². The van der Waals surface area contributed by atoms with Gasteiger partial charge in [-0.05, 0) is 43.4 Å². The lowest BCUT2D eigenvalue weighted by atomic mass is 9.92. The maximum atomic E-state index is 11.5. The second kappa shape index (κ2) is 8.01. The molecule has 0 unspecified atom stereocenters. The van der Waals surface area contributed by atoms with Gasteiger partial charge in [0, 0.05) is 24.5 Å². The zero-order chi connectivity index (χ0) is 17.8. The van der Waals surface area contributed by atoms with Crippen molar-refractivity contribution >= 4 is 50.2 Å². The first-order chi connectivity index (χ1) is 12.0.